The van der Waals surface area contributed by atoms with Crippen molar-refractivity contribution in [1.82, 2.24) is 10.2 Å². The summed E-state index contributed by atoms with van der Waals surface area (Å²) in [5.41, 5.74) is 2.66. The molecule has 0 fully saturated rings. The molecule has 6 nitrogen and oxygen atoms in total. The van der Waals surface area contributed by atoms with E-state index in [2.05, 4.69) is 28.6 Å². The minimum absolute atomic E-state index is 0.141. The van der Waals surface area contributed by atoms with Gasteiger partial charge >= 0.3 is 0 Å². The van der Waals surface area contributed by atoms with E-state index in [0.717, 1.165) is 16.7 Å². The Morgan fingerprint density at radius 1 is 1.03 bits per heavy atom. The lowest BCUT2D eigenvalue weighted by Crippen LogP contribution is -2.36. The first-order valence-corrected chi connectivity index (χ1v) is 10.3. The molecule has 0 amide bonds. The predicted molar refractivity (Wildman–Crippen MR) is 132 cm³/mol. The van der Waals surface area contributed by atoms with Crippen molar-refractivity contribution in [3.05, 3.63) is 101 Å². The van der Waals surface area contributed by atoms with Crippen molar-refractivity contribution < 1.29 is 10.2 Å². The molecule has 0 rings (SSSR count). The number of nitrogens with one attached hydrogen (secondary N) is 1. The van der Waals surface area contributed by atoms with Gasteiger partial charge in [-0.05, 0) is 50.6 Å². The monoisotopic (exact) mass is 427 g/mol. The van der Waals surface area contributed by atoms with E-state index < -0.39 is 0 Å². The normalized spacial score (nSPS) is 14.7. The van der Waals surface area contributed by atoms with Gasteiger partial charge in [0.2, 0.25) is 0 Å². The average molecular weight is 428 g/mol. The number of aliphatic hydroxyl groups is 2. The van der Waals surface area contributed by atoms with Crippen LogP contribution in [0.1, 0.15) is 27.7 Å². The summed E-state index contributed by atoms with van der Waals surface area (Å²) in [4.78, 5) is 13.3. The molecule has 0 bridgehead atoms. The van der Waals surface area contributed by atoms with Crippen LogP contribution in [0.4, 0.5) is 0 Å². The fourth-order valence-electron chi connectivity index (χ4n) is 2.89. The number of rotatable bonds is 15. The van der Waals surface area contributed by atoms with Crippen LogP contribution in [0.5, 0.6) is 0 Å². The molecule has 31 heavy (non-hydrogen) atoms. The molecule has 0 aromatic rings. The number of nitrogens with zero attached hydrogens (tertiary/aromatic N) is 2. The molecule has 0 aliphatic heterocycles. The van der Waals surface area contributed by atoms with Crippen LogP contribution >= 0.6 is 0 Å². The zero-order valence-corrected chi connectivity index (χ0v) is 19.3. The van der Waals surface area contributed by atoms with Gasteiger partial charge in [-0.25, -0.2) is 0 Å². The maximum Gasteiger partial charge on any atom is 0.119 e. The smallest absolute Gasteiger partial charge is 0.119 e. The highest BCUT2D eigenvalue weighted by molar-refractivity contribution is 5.34. The van der Waals surface area contributed by atoms with Crippen molar-refractivity contribution in [1.29, 1.82) is 0 Å². The second-order valence-corrected chi connectivity index (χ2v) is 6.68. The van der Waals surface area contributed by atoms with Gasteiger partial charge in [0.25, 0.3) is 0 Å². The second-order valence-electron chi connectivity index (χ2n) is 6.68. The van der Waals surface area contributed by atoms with Crippen LogP contribution in [0.25, 0.3) is 0 Å². The number of hydrogen-bond acceptors (Lipinski definition) is 6. The fraction of sp³-hybridized carbons (Fsp3) is 0.360. The first kappa shape index (κ1) is 28.0. The molecule has 0 heterocycles. The zero-order valence-electron chi connectivity index (χ0n) is 19.3. The third-order valence-corrected chi connectivity index (χ3v) is 4.57. The van der Waals surface area contributed by atoms with Gasteiger partial charge in [0.1, 0.15) is 17.2 Å². The minimum Gasteiger partial charge on any atom is -0.508 e. The van der Waals surface area contributed by atoms with Gasteiger partial charge < -0.3 is 15.5 Å². The Hall–Kier alpha value is -2.96. The summed E-state index contributed by atoms with van der Waals surface area (Å²) in [6.07, 6.45) is 13.7. The fourth-order valence-corrected chi connectivity index (χ4v) is 2.89. The lowest BCUT2D eigenvalue weighted by atomic mass is 10.1. The Balaban J connectivity index is 5.49. The van der Waals surface area contributed by atoms with Crippen LogP contribution in [0.3, 0.4) is 0 Å². The van der Waals surface area contributed by atoms with Gasteiger partial charge in [-0.2, -0.15) is 0 Å². The first-order chi connectivity index (χ1) is 14.9. The Bertz CT molecular complexity index is 784. The van der Waals surface area contributed by atoms with E-state index in [1.165, 1.54) is 6.08 Å². The summed E-state index contributed by atoms with van der Waals surface area (Å²) in [7, 11) is 0. The minimum atomic E-state index is 0.141. The Morgan fingerprint density at radius 3 is 2.19 bits per heavy atom. The predicted octanol–water partition coefficient (Wildman–Crippen LogP) is 5.64. The van der Waals surface area contributed by atoms with E-state index in [0.29, 0.717) is 38.4 Å². The third-order valence-electron chi connectivity index (χ3n) is 4.57. The van der Waals surface area contributed by atoms with E-state index >= 15 is 0 Å². The van der Waals surface area contributed by atoms with E-state index in [-0.39, 0.29) is 11.5 Å². The van der Waals surface area contributed by atoms with Gasteiger partial charge in [0.05, 0.1) is 0 Å². The standard InChI is InChI=1S/C25H37N3O3/c1-7-13-21(25(30)12-6)17-26-15-16-28(18-20(9-3)24(29)11-5)19-22(14-8-2)23(10-4)27-31/h7-14,26,29-30H,2,6,15-19H2,1,3-5H3/b13-7-,20-9-,22-14-,23-10+,24-11+,25-21-. The van der Waals surface area contributed by atoms with Gasteiger partial charge in [-0.1, -0.05) is 49.6 Å². The van der Waals surface area contributed by atoms with Crippen LogP contribution < -0.4 is 5.32 Å². The second kappa shape index (κ2) is 16.8. The quantitative estimate of drug-likeness (QED) is 0.136. The molecule has 0 aliphatic carbocycles. The largest absolute Gasteiger partial charge is 0.508 e. The average Bonchev–Trinajstić information content (AvgIpc) is 2.78. The van der Waals surface area contributed by atoms with Gasteiger partial charge in [-0.3, -0.25) is 4.90 Å². The van der Waals surface area contributed by atoms with Crippen LogP contribution in [-0.2, 0) is 0 Å². The summed E-state index contributed by atoms with van der Waals surface area (Å²) in [5, 5.41) is 26.6. The number of hydrogen-bond donors (Lipinski definition) is 3. The first-order valence-electron chi connectivity index (χ1n) is 10.3. The summed E-state index contributed by atoms with van der Waals surface area (Å²) >= 11 is 0. The number of nitroso groups, excluding NO2 is 1. The lowest BCUT2D eigenvalue weighted by Gasteiger charge is -2.25. The molecular weight excluding hydrogens is 390 g/mol. The van der Waals surface area contributed by atoms with Gasteiger partial charge in [0.15, 0.2) is 0 Å². The summed E-state index contributed by atoms with van der Waals surface area (Å²) in [5.74, 6) is 0.367. The van der Waals surface area contributed by atoms with Crippen molar-refractivity contribution in [3.8, 4) is 0 Å². The highest BCUT2D eigenvalue weighted by Crippen LogP contribution is 2.16. The SMILES string of the molecule is C=C/C=C(CN(CCNCC(/C=C\C)=C(\O)C=C)CC(=C/C)/C(O)=C\C)\C(=C/C)N=O. The highest BCUT2D eigenvalue weighted by atomic mass is 16.3. The maximum absolute atomic E-state index is 11.2. The molecular formula is C25H37N3O3. The summed E-state index contributed by atoms with van der Waals surface area (Å²) in [6.45, 7) is 17.3. The van der Waals surface area contributed by atoms with Gasteiger partial charge in [-0.15, -0.1) is 4.91 Å². The van der Waals surface area contributed by atoms with Crippen LogP contribution in [0.2, 0.25) is 0 Å². The molecule has 3 N–H and O–H groups in total. The van der Waals surface area contributed by atoms with Crippen molar-refractivity contribution in [3.63, 3.8) is 0 Å². The number of aliphatic hydroxyl groups excluding tert-OH is 2. The lowest BCUT2D eigenvalue weighted by molar-refractivity contribution is 0.310. The van der Waals surface area contributed by atoms with Crippen molar-refractivity contribution >= 4 is 0 Å². The summed E-state index contributed by atoms with van der Waals surface area (Å²) in [6, 6.07) is 0. The zero-order chi connectivity index (χ0) is 23.6. The molecule has 0 radical (unpaired) electrons. The molecule has 0 saturated carbocycles. The maximum atomic E-state index is 11.2. The Morgan fingerprint density at radius 2 is 1.71 bits per heavy atom. The van der Waals surface area contributed by atoms with Crippen LogP contribution in [0.15, 0.2) is 101 Å². The molecule has 0 aliphatic rings. The van der Waals surface area contributed by atoms with E-state index in [1.54, 1.807) is 38.2 Å². The molecule has 0 aromatic carbocycles. The molecule has 0 spiro atoms. The Kier molecular flexibility index (Phi) is 15.2. The highest BCUT2D eigenvalue weighted by Gasteiger charge is 2.14. The van der Waals surface area contributed by atoms with E-state index in [4.69, 9.17) is 0 Å². The summed E-state index contributed by atoms with van der Waals surface area (Å²) < 4.78 is 0. The molecule has 170 valence electrons. The van der Waals surface area contributed by atoms with Crippen LogP contribution in [0, 0.1) is 4.91 Å². The van der Waals surface area contributed by atoms with E-state index in [1.807, 2.05) is 32.1 Å². The molecule has 0 aromatic heterocycles. The van der Waals surface area contributed by atoms with E-state index in [9.17, 15) is 15.1 Å². The molecule has 6 heteroatoms. The Labute approximate surface area is 187 Å². The van der Waals surface area contributed by atoms with Crippen LogP contribution in [-0.4, -0.2) is 47.8 Å². The van der Waals surface area contributed by atoms with Gasteiger partial charge in [0, 0.05) is 43.9 Å². The molecule has 0 atom stereocenters. The van der Waals surface area contributed by atoms with Crippen molar-refractivity contribution in [2.45, 2.75) is 27.7 Å². The van der Waals surface area contributed by atoms with Crippen molar-refractivity contribution in [2.75, 3.05) is 32.7 Å². The molecule has 0 unspecified atom stereocenters. The topological polar surface area (TPSA) is 85.2 Å². The molecule has 0 saturated heterocycles. The third kappa shape index (κ3) is 10.6. The number of allylic oxidation sites excluding steroid dienone is 7. The van der Waals surface area contributed by atoms with Crippen molar-refractivity contribution in [2.24, 2.45) is 5.18 Å².